The molecular weight excluding hydrogens is 486 g/mol. The average Bonchev–Trinajstić information content (AvgIpc) is 3.34. The highest BCUT2D eigenvalue weighted by Crippen LogP contribution is 2.32. The van der Waals surface area contributed by atoms with E-state index in [1.807, 2.05) is 49.4 Å². The smallest absolute Gasteiger partial charge is 0.250 e. The standard InChI is InChI=1S/C29H37N3O4S/c1-6-12-22(31-27(35)25(33)29(3,4)5)26(34)32-28-30-17-24(37-28)21-15-10-8-14-20(21)18-36-23-16-11-9-13-19(23)7-2/h8-11,13-17,22,25,33H,6-7,12,18H2,1-5H3,(H,31,35)(H,30,32,34)/t22?,25-/m1/s1. The summed E-state index contributed by atoms with van der Waals surface area (Å²) in [7, 11) is 0. The number of para-hydroxylation sites is 1. The second-order valence-corrected chi connectivity index (χ2v) is 11.1. The Morgan fingerprint density at radius 2 is 1.70 bits per heavy atom. The molecule has 3 aromatic rings. The fraction of sp³-hybridized carbons (Fsp3) is 0.414. The zero-order valence-corrected chi connectivity index (χ0v) is 23.0. The van der Waals surface area contributed by atoms with E-state index in [1.54, 1.807) is 27.0 Å². The number of anilines is 1. The molecule has 0 spiro atoms. The Bertz CT molecular complexity index is 1200. The van der Waals surface area contributed by atoms with Gasteiger partial charge >= 0.3 is 0 Å². The maximum atomic E-state index is 13.0. The molecule has 1 heterocycles. The van der Waals surface area contributed by atoms with E-state index < -0.39 is 23.5 Å². The molecule has 0 aliphatic rings. The lowest BCUT2D eigenvalue weighted by Crippen LogP contribution is -2.50. The number of amides is 2. The lowest BCUT2D eigenvalue weighted by molar-refractivity contribution is -0.137. The number of aliphatic hydroxyl groups is 1. The van der Waals surface area contributed by atoms with Crippen LogP contribution in [0.15, 0.2) is 54.7 Å². The number of ether oxygens (including phenoxy) is 1. The Morgan fingerprint density at radius 1 is 1.03 bits per heavy atom. The average molecular weight is 524 g/mol. The van der Waals surface area contributed by atoms with Crippen molar-refractivity contribution in [1.82, 2.24) is 10.3 Å². The minimum Gasteiger partial charge on any atom is -0.489 e. The SMILES string of the molecule is CCCC(NC(=O)[C@@H](O)C(C)(C)C)C(=O)Nc1ncc(-c2ccccc2COc2ccccc2CC)s1. The van der Waals surface area contributed by atoms with E-state index in [4.69, 9.17) is 4.74 Å². The van der Waals surface area contributed by atoms with Gasteiger partial charge in [-0.3, -0.25) is 9.59 Å². The second kappa shape index (κ2) is 12.8. The van der Waals surface area contributed by atoms with Gasteiger partial charge in [-0.2, -0.15) is 0 Å². The molecule has 2 aromatic carbocycles. The number of rotatable bonds is 11. The second-order valence-electron chi connectivity index (χ2n) is 10.0. The van der Waals surface area contributed by atoms with Crippen LogP contribution in [-0.2, 0) is 22.6 Å². The summed E-state index contributed by atoms with van der Waals surface area (Å²) in [6.07, 6.45) is 2.56. The van der Waals surface area contributed by atoms with E-state index >= 15 is 0 Å². The van der Waals surface area contributed by atoms with Gasteiger partial charge in [0.05, 0.1) is 4.88 Å². The molecule has 0 aliphatic carbocycles. The molecule has 3 rings (SSSR count). The molecule has 0 bridgehead atoms. The van der Waals surface area contributed by atoms with Crippen LogP contribution in [0.25, 0.3) is 10.4 Å². The van der Waals surface area contributed by atoms with Crippen LogP contribution in [0.4, 0.5) is 5.13 Å². The highest BCUT2D eigenvalue weighted by Gasteiger charge is 2.32. The maximum Gasteiger partial charge on any atom is 0.250 e. The van der Waals surface area contributed by atoms with Gasteiger partial charge in [0.25, 0.3) is 0 Å². The molecule has 0 fully saturated rings. The summed E-state index contributed by atoms with van der Waals surface area (Å²) >= 11 is 1.36. The number of carbonyl (C=O) groups is 2. The van der Waals surface area contributed by atoms with Crippen molar-refractivity contribution in [1.29, 1.82) is 0 Å². The van der Waals surface area contributed by atoms with E-state index in [1.165, 1.54) is 11.3 Å². The molecule has 198 valence electrons. The Morgan fingerprint density at radius 3 is 2.38 bits per heavy atom. The van der Waals surface area contributed by atoms with Crippen molar-refractivity contribution < 1.29 is 19.4 Å². The van der Waals surface area contributed by atoms with Gasteiger partial charge in [0.1, 0.15) is 24.5 Å². The van der Waals surface area contributed by atoms with Crippen LogP contribution in [-0.4, -0.2) is 34.1 Å². The fourth-order valence-corrected chi connectivity index (χ4v) is 4.71. The van der Waals surface area contributed by atoms with Crippen LogP contribution >= 0.6 is 11.3 Å². The Hall–Kier alpha value is -3.23. The number of thiazole rings is 1. The van der Waals surface area contributed by atoms with Gasteiger partial charge in [-0.1, -0.05) is 94.8 Å². The first-order valence-electron chi connectivity index (χ1n) is 12.7. The van der Waals surface area contributed by atoms with E-state index in [0.717, 1.165) is 33.7 Å². The first-order chi connectivity index (χ1) is 17.6. The van der Waals surface area contributed by atoms with Gasteiger partial charge in [-0.05, 0) is 41.0 Å². The summed E-state index contributed by atoms with van der Waals surface area (Å²) in [5, 5.41) is 16.2. The first-order valence-corrected chi connectivity index (χ1v) is 13.5. The van der Waals surface area contributed by atoms with Crippen molar-refractivity contribution in [3.05, 3.63) is 65.9 Å². The molecule has 1 unspecified atom stereocenters. The van der Waals surface area contributed by atoms with Gasteiger partial charge in [0, 0.05) is 6.20 Å². The number of aromatic nitrogens is 1. The molecule has 0 radical (unpaired) electrons. The molecule has 2 amide bonds. The number of nitrogens with zero attached hydrogens (tertiary/aromatic N) is 1. The van der Waals surface area contributed by atoms with Gasteiger partial charge in [-0.25, -0.2) is 4.98 Å². The molecule has 8 heteroatoms. The minimum absolute atomic E-state index is 0.356. The lowest BCUT2D eigenvalue weighted by Gasteiger charge is -2.26. The molecule has 0 aliphatic heterocycles. The normalized spacial score (nSPS) is 13.0. The monoisotopic (exact) mass is 523 g/mol. The van der Waals surface area contributed by atoms with Crippen molar-refractivity contribution in [3.8, 4) is 16.2 Å². The number of hydrogen-bond donors (Lipinski definition) is 3. The van der Waals surface area contributed by atoms with Gasteiger partial charge in [0.15, 0.2) is 5.13 Å². The molecule has 7 nitrogen and oxygen atoms in total. The third-order valence-electron chi connectivity index (χ3n) is 6.03. The third kappa shape index (κ3) is 7.63. The van der Waals surface area contributed by atoms with Gasteiger partial charge < -0.3 is 20.5 Å². The van der Waals surface area contributed by atoms with Crippen LogP contribution in [0.2, 0.25) is 0 Å². The number of carbonyl (C=O) groups excluding carboxylic acids is 2. The van der Waals surface area contributed by atoms with Gasteiger partial charge in [-0.15, -0.1) is 0 Å². The number of aliphatic hydroxyl groups excluding tert-OH is 1. The van der Waals surface area contributed by atoms with Crippen LogP contribution in [0.5, 0.6) is 5.75 Å². The predicted molar refractivity (Wildman–Crippen MR) is 149 cm³/mol. The third-order valence-corrected chi connectivity index (χ3v) is 6.98. The van der Waals surface area contributed by atoms with Crippen LogP contribution in [0, 0.1) is 5.41 Å². The molecule has 2 atom stereocenters. The topological polar surface area (TPSA) is 101 Å². The van der Waals surface area contributed by atoms with E-state index in [0.29, 0.717) is 24.6 Å². The summed E-state index contributed by atoms with van der Waals surface area (Å²) in [6, 6.07) is 15.2. The Kier molecular flexibility index (Phi) is 9.83. The zero-order valence-electron chi connectivity index (χ0n) is 22.2. The maximum absolute atomic E-state index is 13.0. The molecule has 0 saturated heterocycles. The number of hydrogen-bond acceptors (Lipinski definition) is 6. The number of aryl methyl sites for hydroxylation is 1. The molecular formula is C29H37N3O4S. The summed E-state index contributed by atoms with van der Waals surface area (Å²) < 4.78 is 6.14. The highest BCUT2D eigenvalue weighted by atomic mass is 32.1. The summed E-state index contributed by atoms with van der Waals surface area (Å²) in [5.41, 5.74) is 2.53. The predicted octanol–water partition coefficient (Wildman–Crippen LogP) is 5.58. The quantitative estimate of drug-likeness (QED) is 0.305. The summed E-state index contributed by atoms with van der Waals surface area (Å²) in [6.45, 7) is 9.77. The number of benzene rings is 2. The van der Waals surface area contributed by atoms with Gasteiger partial charge in [0.2, 0.25) is 11.8 Å². The molecule has 37 heavy (non-hydrogen) atoms. The molecule has 1 aromatic heterocycles. The van der Waals surface area contributed by atoms with Crippen molar-refractivity contribution in [2.45, 2.75) is 72.6 Å². The summed E-state index contributed by atoms with van der Waals surface area (Å²) in [5.74, 6) is -0.0397. The fourth-order valence-electron chi connectivity index (χ4n) is 3.83. The van der Waals surface area contributed by atoms with Crippen LogP contribution < -0.4 is 15.4 Å². The molecule has 0 saturated carbocycles. The largest absolute Gasteiger partial charge is 0.489 e. The van der Waals surface area contributed by atoms with E-state index in [-0.39, 0.29) is 5.91 Å². The van der Waals surface area contributed by atoms with E-state index in [2.05, 4.69) is 28.6 Å². The zero-order chi connectivity index (χ0) is 27.0. The number of nitrogens with one attached hydrogen (secondary N) is 2. The van der Waals surface area contributed by atoms with Crippen molar-refractivity contribution >= 4 is 28.3 Å². The minimum atomic E-state index is -1.21. The Labute approximate surface area is 223 Å². The Balaban J connectivity index is 1.71. The van der Waals surface area contributed by atoms with Crippen LogP contribution in [0.1, 0.15) is 58.6 Å². The highest BCUT2D eigenvalue weighted by molar-refractivity contribution is 7.19. The van der Waals surface area contributed by atoms with Crippen molar-refractivity contribution in [2.75, 3.05) is 5.32 Å². The van der Waals surface area contributed by atoms with Crippen molar-refractivity contribution in [2.24, 2.45) is 5.41 Å². The first kappa shape index (κ1) is 28.3. The lowest BCUT2D eigenvalue weighted by atomic mass is 9.88. The summed E-state index contributed by atoms with van der Waals surface area (Å²) in [4.78, 5) is 30.8. The van der Waals surface area contributed by atoms with E-state index in [9.17, 15) is 14.7 Å². The molecule has 3 N–H and O–H groups in total. The van der Waals surface area contributed by atoms with Crippen molar-refractivity contribution in [3.63, 3.8) is 0 Å². The van der Waals surface area contributed by atoms with Crippen LogP contribution in [0.3, 0.4) is 0 Å².